The van der Waals surface area contributed by atoms with E-state index in [-0.39, 0.29) is 0 Å². The third-order valence-corrected chi connectivity index (χ3v) is 4.52. The third-order valence-electron chi connectivity index (χ3n) is 4.52. The van der Waals surface area contributed by atoms with Crippen molar-refractivity contribution in [3.05, 3.63) is 60.6 Å². The minimum Gasteiger partial charge on any atom is -0.494 e. The van der Waals surface area contributed by atoms with Crippen LogP contribution in [0.1, 0.15) is 18.5 Å². The molecule has 1 N–H and O–H groups in total. The van der Waals surface area contributed by atoms with E-state index in [2.05, 4.69) is 15.5 Å². The quantitative estimate of drug-likeness (QED) is 0.586. The molecule has 6 nitrogen and oxygen atoms in total. The van der Waals surface area contributed by atoms with Crippen LogP contribution < -0.4 is 14.8 Å². The average molecular weight is 365 g/mol. The summed E-state index contributed by atoms with van der Waals surface area (Å²) in [6.45, 7) is 2.38. The standard InChI is InChI=1S/C21H23N3O3/c1-2-6-19(7-3-1)25-10-4-5-17-12-21(27-24-17)16-11-20(14-22-13-16)26-15-18-8-9-23-18/h1-3,6-7,11-14,18,23H,4-5,8-10,15H2. The van der Waals surface area contributed by atoms with Gasteiger partial charge < -0.3 is 19.3 Å². The van der Waals surface area contributed by atoms with Crippen LogP contribution in [0, 0.1) is 0 Å². The van der Waals surface area contributed by atoms with Crippen LogP contribution in [0.15, 0.2) is 59.4 Å². The maximum Gasteiger partial charge on any atom is 0.168 e. The van der Waals surface area contributed by atoms with Crippen LogP contribution >= 0.6 is 0 Å². The van der Waals surface area contributed by atoms with Crippen molar-refractivity contribution in [2.75, 3.05) is 19.8 Å². The molecule has 0 amide bonds. The zero-order chi connectivity index (χ0) is 18.3. The SMILES string of the molecule is c1ccc(OCCCc2cc(-c3cncc(OCC4CCN4)c3)on2)cc1. The fourth-order valence-corrected chi connectivity index (χ4v) is 2.85. The molecule has 0 saturated carbocycles. The Morgan fingerprint density at radius 1 is 1.07 bits per heavy atom. The number of para-hydroxylation sites is 1. The molecular formula is C21H23N3O3. The van der Waals surface area contributed by atoms with Crippen molar-refractivity contribution in [3.8, 4) is 22.8 Å². The molecule has 4 rings (SSSR count). The fourth-order valence-electron chi connectivity index (χ4n) is 2.85. The number of rotatable bonds is 9. The van der Waals surface area contributed by atoms with Crippen molar-refractivity contribution in [1.29, 1.82) is 0 Å². The van der Waals surface area contributed by atoms with Gasteiger partial charge in [-0.25, -0.2) is 0 Å². The molecule has 3 aromatic rings. The van der Waals surface area contributed by atoms with Gasteiger partial charge in [-0.3, -0.25) is 4.98 Å². The summed E-state index contributed by atoms with van der Waals surface area (Å²) in [5.41, 5.74) is 1.78. The second-order valence-corrected chi connectivity index (χ2v) is 6.61. The van der Waals surface area contributed by atoms with Crippen LogP contribution in [0.25, 0.3) is 11.3 Å². The number of hydrogen-bond donors (Lipinski definition) is 1. The van der Waals surface area contributed by atoms with E-state index in [9.17, 15) is 0 Å². The van der Waals surface area contributed by atoms with Gasteiger partial charge in [0.15, 0.2) is 5.76 Å². The van der Waals surface area contributed by atoms with Gasteiger partial charge in [0.1, 0.15) is 18.1 Å². The van der Waals surface area contributed by atoms with Crippen molar-refractivity contribution < 1.29 is 14.0 Å². The first kappa shape index (κ1) is 17.5. The molecule has 0 spiro atoms. The topological polar surface area (TPSA) is 69.4 Å². The number of nitrogens with one attached hydrogen (secondary N) is 1. The Bertz CT molecular complexity index is 847. The van der Waals surface area contributed by atoms with Gasteiger partial charge in [0.2, 0.25) is 0 Å². The molecule has 1 saturated heterocycles. The summed E-state index contributed by atoms with van der Waals surface area (Å²) in [6, 6.07) is 14.2. The van der Waals surface area contributed by atoms with E-state index >= 15 is 0 Å². The maximum atomic E-state index is 5.80. The van der Waals surface area contributed by atoms with E-state index in [1.165, 1.54) is 0 Å². The normalized spacial score (nSPS) is 15.9. The highest BCUT2D eigenvalue weighted by Crippen LogP contribution is 2.24. The Kier molecular flexibility index (Phi) is 5.64. The van der Waals surface area contributed by atoms with E-state index in [4.69, 9.17) is 14.0 Å². The zero-order valence-electron chi connectivity index (χ0n) is 15.1. The number of aromatic nitrogens is 2. The molecule has 0 bridgehead atoms. The first-order valence-electron chi connectivity index (χ1n) is 9.32. The van der Waals surface area contributed by atoms with Gasteiger partial charge in [-0.15, -0.1) is 0 Å². The highest BCUT2D eigenvalue weighted by Gasteiger charge is 2.17. The third kappa shape index (κ3) is 4.86. The smallest absolute Gasteiger partial charge is 0.168 e. The number of ether oxygens (including phenoxy) is 2. The van der Waals surface area contributed by atoms with Crippen LogP contribution in [0.4, 0.5) is 0 Å². The summed E-state index contributed by atoms with van der Waals surface area (Å²) < 4.78 is 17.0. The minimum atomic E-state index is 0.448. The number of nitrogens with zero attached hydrogens (tertiary/aromatic N) is 2. The monoisotopic (exact) mass is 365 g/mol. The number of benzene rings is 1. The summed E-state index contributed by atoms with van der Waals surface area (Å²) in [6.07, 6.45) is 6.31. The summed E-state index contributed by atoms with van der Waals surface area (Å²) in [4.78, 5) is 4.25. The molecule has 1 fully saturated rings. The number of pyridine rings is 1. The lowest BCUT2D eigenvalue weighted by Gasteiger charge is -2.27. The Morgan fingerprint density at radius 3 is 2.78 bits per heavy atom. The summed E-state index contributed by atoms with van der Waals surface area (Å²) in [5, 5.41) is 7.47. The van der Waals surface area contributed by atoms with Gasteiger partial charge in [-0.05, 0) is 44.0 Å². The van der Waals surface area contributed by atoms with E-state index in [1.807, 2.05) is 42.5 Å². The molecule has 0 radical (unpaired) electrons. The molecule has 1 aliphatic rings. The Hall–Kier alpha value is -2.86. The summed E-state index contributed by atoms with van der Waals surface area (Å²) in [7, 11) is 0. The van der Waals surface area contributed by atoms with Gasteiger partial charge in [0, 0.05) is 23.9 Å². The Labute approximate surface area is 158 Å². The highest BCUT2D eigenvalue weighted by molar-refractivity contribution is 5.58. The fraction of sp³-hybridized carbons (Fsp3) is 0.333. The Balaban J connectivity index is 1.28. The molecule has 1 atom stereocenters. The molecule has 27 heavy (non-hydrogen) atoms. The molecule has 140 valence electrons. The lowest BCUT2D eigenvalue weighted by atomic mass is 10.1. The van der Waals surface area contributed by atoms with Crippen LogP contribution in [-0.4, -0.2) is 35.9 Å². The van der Waals surface area contributed by atoms with Crippen LogP contribution in [-0.2, 0) is 6.42 Å². The molecular weight excluding hydrogens is 342 g/mol. The predicted octanol–water partition coefficient (Wildman–Crippen LogP) is 3.49. The molecule has 6 heteroatoms. The van der Waals surface area contributed by atoms with E-state index in [1.54, 1.807) is 12.4 Å². The lowest BCUT2D eigenvalue weighted by Crippen LogP contribution is -2.46. The van der Waals surface area contributed by atoms with E-state index < -0.39 is 0 Å². The van der Waals surface area contributed by atoms with E-state index in [0.717, 1.165) is 48.6 Å². The van der Waals surface area contributed by atoms with Crippen LogP contribution in [0.2, 0.25) is 0 Å². The average Bonchev–Trinajstić information content (AvgIpc) is 3.14. The first-order chi connectivity index (χ1) is 13.4. The molecule has 1 aliphatic heterocycles. The highest BCUT2D eigenvalue weighted by atomic mass is 16.5. The second-order valence-electron chi connectivity index (χ2n) is 6.61. The molecule has 3 heterocycles. The van der Waals surface area contributed by atoms with Gasteiger partial charge in [0.25, 0.3) is 0 Å². The van der Waals surface area contributed by atoms with Crippen molar-refractivity contribution in [2.24, 2.45) is 0 Å². The van der Waals surface area contributed by atoms with Gasteiger partial charge in [-0.1, -0.05) is 23.4 Å². The summed E-state index contributed by atoms with van der Waals surface area (Å²) in [5.74, 6) is 2.34. The molecule has 1 aromatic carbocycles. The Morgan fingerprint density at radius 2 is 1.96 bits per heavy atom. The minimum absolute atomic E-state index is 0.448. The second kappa shape index (κ2) is 8.68. The van der Waals surface area contributed by atoms with Crippen molar-refractivity contribution in [3.63, 3.8) is 0 Å². The van der Waals surface area contributed by atoms with Gasteiger partial charge in [-0.2, -0.15) is 0 Å². The lowest BCUT2D eigenvalue weighted by molar-refractivity contribution is 0.217. The van der Waals surface area contributed by atoms with Crippen molar-refractivity contribution in [2.45, 2.75) is 25.3 Å². The zero-order valence-corrected chi connectivity index (χ0v) is 15.1. The molecule has 1 unspecified atom stereocenters. The van der Waals surface area contributed by atoms with Crippen LogP contribution in [0.5, 0.6) is 11.5 Å². The number of hydrogen-bond acceptors (Lipinski definition) is 6. The van der Waals surface area contributed by atoms with Crippen molar-refractivity contribution in [1.82, 2.24) is 15.5 Å². The van der Waals surface area contributed by atoms with Gasteiger partial charge in [0.05, 0.1) is 18.5 Å². The maximum absolute atomic E-state index is 5.80. The van der Waals surface area contributed by atoms with Crippen LogP contribution in [0.3, 0.4) is 0 Å². The summed E-state index contributed by atoms with van der Waals surface area (Å²) >= 11 is 0. The predicted molar refractivity (Wildman–Crippen MR) is 102 cm³/mol. The molecule has 2 aromatic heterocycles. The largest absolute Gasteiger partial charge is 0.494 e. The first-order valence-corrected chi connectivity index (χ1v) is 9.32. The van der Waals surface area contributed by atoms with Gasteiger partial charge >= 0.3 is 0 Å². The number of aryl methyl sites for hydroxylation is 1. The molecule has 0 aliphatic carbocycles. The van der Waals surface area contributed by atoms with E-state index in [0.29, 0.717) is 25.0 Å². The van der Waals surface area contributed by atoms with Crippen molar-refractivity contribution >= 4 is 0 Å².